The van der Waals surface area contributed by atoms with Crippen molar-refractivity contribution in [2.45, 2.75) is 37.6 Å². The fraction of sp³-hybridized carbons (Fsp3) is 0.500. The van der Waals surface area contributed by atoms with Crippen LogP contribution in [0, 0.1) is 0 Å². The Balaban J connectivity index is 2.12. The summed E-state index contributed by atoms with van der Waals surface area (Å²) in [6, 6.07) is 5.18. The molecule has 0 unspecified atom stereocenters. The third-order valence-electron chi connectivity index (χ3n) is 3.63. The molecular formula is C14H16BrCl2NO. The van der Waals surface area contributed by atoms with E-state index in [-0.39, 0.29) is 11.4 Å². The van der Waals surface area contributed by atoms with Crippen molar-refractivity contribution < 1.29 is 4.79 Å². The average Bonchev–Trinajstić information content (AvgIpc) is 2.43. The Labute approximate surface area is 132 Å². The third-order valence-corrected chi connectivity index (χ3v) is 5.35. The first kappa shape index (κ1) is 15.1. The summed E-state index contributed by atoms with van der Waals surface area (Å²) in [5, 5.41) is 3.71. The van der Waals surface area contributed by atoms with E-state index in [1.165, 1.54) is 6.42 Å². The molecule has 0 atom stereocenters. The molecule has 1 saturated carbocycles. The Kier molecular flexibility index (Phi) is 5.15. The van der Waals surface area contributed by atoms with Gasteiger partial charge in [-0.25, -0.2) is 0 Å². The highest BCUT2D eigenvalue weighted by Crippen LogP contribution is 2.30. The molecule has 0 aliphatic heterocycles. The van der Waals surface area contributed by atoms with Crippen molar-refractivity contribution in [3.63, 3.8) is 0 Å². The minimum Gasteiger partial charge on any atom is -0.345 e. The number of rotatable bonds is 3. The minimum atomic E-state index is -0.247. The van der Waals surface area contributed by atoms with Crippen LogP contribution in [0.2, 0.25) is 5.02 Å². The molecular weight excluding hydrogens is 349 g/mol. The van der Waals surface area contributed by atoms with Gasteiger partial charge in [-0.3, -0.25) is 4.79 Å². The van der Waals surface area contributed by atoms with E-state index in [9.17, 15) is 4.79 Å². The van der Waals surface area contributed by atoms with Crippen molar-refractivity contribution in [1.29, 1.82) is 0 Å². The van der Waals surface area contributed by atoms with E-state index in [1.54, 1.807) is 18.2 Å². The zero-order valence-corrected chi connectivity index (χ0v) is 13.6. The van der Waals surface area contributed by atoms with Crippen LogP contribution < -0.4 is 5.32 Å². The number of hydrogen-bond donors (Lipinski definition) is 1. The first-order chi connectivity index (χ1) is 9.06. The van der Waals surface area contributed by atoms with Crippen molar-refractivity contribution in [2.24, 2.45) is 0 Å². The van der Waals surface area contributed by atoms with Gasteiger partial charge in [0, 0.05) is 15.9 Å². The maximum absolute atomic E-state index is 12.3. The zero-order chi connectivity index (χ0) is 13.9. The van der Waals surface area contributed by atoms with Crippen LogP contribution in [0.4, 0.5) is 0 Å². The minimum absolute atomic E-state index is 0.0834. The van der Waals surface area contributed by atoms with E-state index in [4.69, 9.17) is 23.2 Å². The predicted octanol–water partition coefficient (Wildman–Crippen LogP) is 4.77. The Morgan fingerprint density at radius 2 is 2.00 bits per heavy atom. The number of carbonyl (C=O) groups is 1. The molecule has 1 aliphatic rings. The molecule has 0 bridgehead atoms. The van der Waals surface area contributed by atoms with Gasteiger partial charge in [0.1, 0.15) is 0 Å². The highest BCUT2D eigenvalue weighted by molar-refractivity contribution is 9.10. The summed E-state index contributed by atoms with van der Waals surface area (Å²) < 4.78 is 0.727. The lowest BCUT2D eigenvalue weighted by atomic mass is 9.83. The van der Waals surface area contributed by atoms with Gasteiger partial charge in [0.15, 0.2) is 0 Å². The smallest absolute Gasteiger partial charge is 0.251 e. The molecule has 0 heterocycles. The first-order valence-electron chi connectivity index (χ1n) is 6.40. The number of amides is 1. The topological polar surface area (TPSA) is 29.1 Å². The summed E-state index contributed by atoms with van der Waals surface area (Å²) in [4.78, 5) is 12.3. The van der Waals surface area contributed by atoms with Gasteiger partial charge in [0.05, 0.1) is 10.6 Å². The number of nitrogens with one attached hydrogen (secondary N) is 1. The molecule has 0 radical (unpaired) electrons. The predicted molar refractivity (Wildman–Crippen MR) is 83.2 cm³/mol. The SMILES string of the molecule is O=C(NC1(CCl)CCCCC1)c1ccc(Cl)c(Br)c1. The summed E-state index contributed by atoms with van der Waals surface area (Å²) in [5.41, 5.74) is 0.356. The lowest BCUT2D eigenvalue weighted by Crippen LogP contribution is -2.51. The van der Waals surface area contributed by atoms with Crippen LogP contribution in [-0.4, -0.2) is 17.3 Å². The molecule has 104 valence electrons. The summed E-state index contributed by atoms with van der Waals surface area (Å²) in [6.07, 6.45) is 5.38. The summed E-state index contributed by atoms with van der Waals surface area (Å²) >= 11 is 15.3. The molecule has 1 aromatic carbocycles. The van der Waals surface area contributed by atoms with Gasteiger partial charge in [-0.2, -0.15) is 0 Å². The number of carbonyl (C=O) groups excluding carboxylic acids is 1. The summed E-state index contributed by atoms with van der Waals surface area (Å²) in [5.74, 6) is 0.382. The molecule has 1 aromatic rings. The largest absolute Gasteiger partial charge is 0.345 e. The van der Waals surface area contributed by atoms with Crippen molar-refractivity contribution >= 4 is 45.0 Å². The highest BCUT2D eigenvalue weighted by Gasteiger charge is 2.32. The molecule has 19 heavy (non-hydrogen) atoms. The van der Waals surface area contributed by atoms with Crippen LogP contribution in [0.25, 0.3) is 0 Å². The van der Waals surface area contributed by atoms with E-state index in [1.807, 2.05) is 0 Å². The standard InChI is InChI=1S/C14H16BrCl2NO/c15-11-8-10(4-5-12(11)17)13(19)18-14(9-16)6-2-1-3-7-14/h4-5,8H,1-3,6-7,9H2,(H,18,19). The second kappa shape index (κ2) is 6.47. The average molecular weight is 365 g/mol. The molecule has 1 aliphatic carbocycles. The number of halogens is 3. The number of hydrogen-bond acceptors (Lipinski definition) is 1. The third kappa shape index (κ3) is 3.65. The van der Waals surface area contributed by atoms with Crippen molar-refractivity contribution in [3.05, 3.63) is 33.3 Å². The Morgan fingerprint density at radius 3 is 2.58 bits per heavy atom. The first-order valence-corrected chi connectivity index (χ1v) is 8.10. The molecule has 1 amide bonds. The fourth-order valence-corrected chi connectivity index (χ4v) is 3.30. The van der Waals surface area contributed by atoms with Gasteiger partial charge in [-0.15, -0.1) is 11.6 Å². The summed E-state index contributed by atoms with van der Waals surface area (Å²) in [7, 11) is 0. The van der Waals surface area contributed by atoms with Gasteiger partial charge in [-0.1, -0.05) is 30.9 Å². The molecule has 0 spiro atoms. The Morgan fingerprint density at radius 1 is 1.32 bits per heavy atom. The molecule has 0 saturated heterocycles. The normalized spacial score (nSPS) is 18.1. The maximum Gasteiger partial charge on any atom is 0.251 e. The van der Waals surface area contributed by atoms with E-state index in [2.05, 4.69) is 21.2 Å². The van der Waals surface area contributed by atoms with E-state index < -0.39 is 0 Å². The second-order valence-corrected chi connectivity index (χ2v) is 6.59. The monoisotopic (exact) mass is 363 g/mol. The van der Waals surface area contributed by atoms with Crippen LogP contribution >= 0.6 is 39.1 Å². The molecule has 0 aromatic heterocycles. The molecule has 1 fully saturated rings. The lowest BCUT2D eigenvalue weighted by molar-refractivity contribution is 0.0884. The van der Waals surface area contributed by atoms with Crippen LogP contribution in [0.15, 0.2) is 22.7 Å². The molecule has 2 rings (SSSR count). The second-order valence-electron chi connectivity index (χ2n) is 5.06. The van der Waals surface area contributed by atoms with Gasteiger partial charge in [0.25, 0.3) is 5.91 Å². The highest BCUT2D eigenvalue weighted by atomic mass is 79.9. The van der Waals surface area contributed by atoms with E-state index in [0.29, 0.717) is 16.5 Å². The Bertz CT molecular complexity index is 473. The van der Waals surface area contributed by atoms with E-state index in [0.717, 1.165) is 30.2 Å². The van der Waals surface area contributed by atoms with E-state index >= 15 is 0 Å². The van der Waals surface area contributed by atoms with Gasteiger partial charge >= 0.3 is 0 Å². The quantitative estimate of drug-likeness (QED) is 0.768. The van der Waals surface area contributed by atoms with Crippen LogP contribution in [0.1, 0.15) is 42.5 Å². The Hall–Kier alpha value is -0.250. The summed E-state index contributed by atoms with van der Waals surface area (Å²) in [6.45, 7) is 0. The fourth-order valence-electron chi connectivity index (χ4n) is 2.47. The van der Waals surface area contributed by atoms with Crippen LogP contribution in [0.3, 0.4) is 0 Å². The molecule has 5 heteroatoms. The lowest BCUT2D eigenvalue weighted by Gasteiger charge is -2.36. The number of alkyl halides is 1. The van der Waals surface area contributed by atoms with Gasteiger partial charge in [0.2, 0.25) is 0 Å². The zero-order valence-electron chi connectivity index (χ0n) is 10.5. The molecule has 2 nitrogen and oxygen atoms in total. The van der Waals surface area contributed by atoms with Crippen molar-refractivity contribution in [1.82, 2.24) is 5.32 Å². The number of benzene rings is 1. The van der Waals surface area contributed by atoms with Crippen molar-refractivity contribution in [3.8, 4) is 0 Å². The maximum atomic E-state index is 12.3. The van der Waals surface area contributed by atoms with Crippen LogP contribution in [-0.2, 0) is 0 Å². The molecule has 1 N–H and O–H groups in total. The van der Waals surface area contributed by atoms with Gasteiger partial charge < -0.3 is 5.32 Å². The van der Waals surface area contributed by atoms with Crippen molar-refractivity contribution in [2.75, 3.05) is 5.88 Å². The van der Waals surface area contributed by atoms with Gasteiger partial charge in [-0.05, 0) is 47.0 Å². The van der Waals surface area contributed by atoms with Crippen LogP contribution in [0.5, 0.6) is 0 Å².